The highest BCUT2D eigenvalue weighted by atomic mass is 35.5. The zero-order valence-electron chi connectivity index (χ0n) is 10.4. The highest BCUT2D eigenvalue weighted by Crippen LogP contribution is 2.24. The van der Waals surface area contributed by atoms with E-state index < -0.39 is 0 Å². The summed E-state index contributed by atoms with van der Waals surface area (Å²) in [4.78, 5) is 8.61. The van der Waals surface area contributed by atoms with Crippen molar-refractivity contribution in [1.82, 2.24) is 14.4 Å². The summed E-state index contributed by atoms with van der Waals surface area (Å²) in [6, 6.07) is 7.27. The van der Waals surface area contributed by atoms with Gasteiger partial charge in [-0.1, -0.05) is 17.7 Å². The first-order valence-electron chi connectivity index (χ1n) is 5.96. The monoisotopic (exact) mass is 272 g/mol. The molecule has 0 aliphatic heterocycles. The maximum Gasteiger partial charge on any atom is 0.137 e. The van der Waals surface area contributed by atoms with Crippen LogP contribution in [0.15, 0.2) is 42.9 Å². The molecule has 0 radical (unpaired) electrons. The van der Waals surface area contributed by atoms with Gasteiger partial charge in [0.1, 0.15) is 5.65 Å². The lowest BCUT2D eigenvalue weighted by Crippen LogP contribution is -2.15. The number of aromatic nitrogens is 3. The molecule has 1 atom stereocenters. The average Bonchev–Trinajstić information content (AvgIpc) is 2.74. The van der Waals surface area contributed by atoms with Crippen molar-refractivity contribution < 1.29 is 0 Å². The van der Waals surface area contributed by atoms with Crippen LogP contribution in [0.5, 0.6) is 0 Å². The van der Waals surface area contributed by atoms with Gasteiger partial charge in [0.15, 0.2) is 0 Å². The van der Waals surface area contributed by atoms with Gasteiger partial charge in [-0.05, 0) is 30.7 Å². The molecule has 4 nitrogen and oxygen atoms in total. The number of nitrogens with zero attached hydrogens (tertiary/aromatic N) is 3. The summed E-state index contributed by atoms with van der Waals surface area (Å²) in [6.07, 6.45) is 5.34. The number of hydrogen-bond acceptors (Lipinski definition) is 3. The lowest BCUT2D eigenvalue weighted by molar-refractivity contribution is 0.800. The van der Waals surface area contributed by atoms with Gasteiger partial charge >= 0.3 is 0 Å². The standard InChI is InChI=1S/C14H13ClN4/c1-9-14(13(16)10-3-2-6-17-7-10)19-8-11(15)4-5-12(19)18-9/h2-8,13H,16H2,1H3. The fourth-order valence-corrected chi connectivity index (χ4v) is 2.41. The molecule has 19 heavy (non-hydrogen) atoms. The number of rotatable bonds is 2. The second kappa shape index (κ2) is 4.64. The third kappa shape index (κ3) is 2.09. The Kier molecular flexibility index (Phi) is 2.97. The Bertz CT molecular complexity index is 721. The van der Waals surface area contributed by atoms with Crippen molar-refractivity contribution in [2.45, 2.75) is 13.0 Å². The molecular formula is C14H13ClN4. The number of pyridine rings is 2. The summed E-state index contributed by atoms with van der Waals surface area (Å²) in [6.45, 7) is 1.95. The molecule has 0 spiro atoms. The van der Waals surface area contributed by atoms with Crippen molar-refractivity contribution in [1.29, 1.82) is 0 Å². The van der Waals surface area contributed by atoms with E-state index in [0.717, 1.165) is 22.6 Å². The molecule has 96 valence electrons. The van der Waals surface area contributed by atoms with Gasteiger partial charge in [-0.15, -0.1) is 0 Å². The van der Waals surface area contributed by atoms with Gasteiger partial charge in [0, 0.05) is 18.6 Å². The second-order valence-electron chi connectivity index (χ2n) is 4.42. The fourth-order valence-electron chi connectivity index (χ4n) is 2.25. The van der Waals surface area contributed by atoms with Crippen LogP contribution in [0.3, 0.4) is 0 Å². The van der Waals surface area contributed by atoms with Crippen molar-refractivity contribution in [2.75, 3.05) is 0 Å². The van der Waals surface area contributed by atoms with Gasteiger partial charge in [0.25, 0.3) is 0 Å². The third-order valence-corrected chi connectivity index (χ3v) is 3.37. The molecule has 0 saturated heterocycles. The van der Waals surface area contributed by atoms with Crippen molar-refractivity contribution in [2.24, 2.45) is 5.73 Å². The molecule has 3 heterocycles. The lowest BCUT2D eigenvalue weighted by Gasteiger charge is -2.12. The van der Waals surface area contributed by atoms with Crippen LogP contribution in [0.4, 0.5) is 0 Å². The van der Waals surface area contributed by atoms with E-state index in [0.29, 0.717) is 5.02 Å². The molecule has 0 saturated carbocycles. The zero-order chi connectivity index (χ0) is 13.4. The van der Waals surface area contributed by atoms with Crippen molar-refractivity contribution in [3.63, 3.8) is 0 Å². The van der Waals surface area contributed by atoms with Gasteiger partial charge in [-0.2, -0.15) is 0 Å². The first kappa shape index (κ1) is 12.1. The van der Waals surface area contributed by atoms with E-state index in [2.05, 4.69) is 9.97 Å². The zero-order valence-corrected chi connectivity index (χ0v) is 11.2. The summed E-state index contributed by atoms with van der Waals surface area (Å²) in [5.74, 6) is 0. The Morgan fingerprint density at radius 2 is 2.16 bits per heavy atom. The molecule has 0 aromatic carbocycles. The SMILES string of the molecule is Cc1nc2ccc(Cl)cn2c1C(N)c1cccnc1. The molecule has 0 bridgehead atoms. The molecule has 5 heteroatoms. The maximum absolute atomic E-state index is 6.33. The molecule has 1 unspecified atom stereocenters. The van der Waals surface area contributed by atoms with Crippen LogP contribution in [-0.2, 0) is 0 Å². The van der Waals surface area contributed by atoms with Crippen molar-refractivity contribution in [3.8, 4) is 0 Å². The van der Waals surface area contributed by atoms with Gasteiger partial charge in [0.2, 0.25) is 0 Å². The van der Waals surface area contributed by atoms with Gasteiger partial charge in [-0.3, -0.25) is 4.98 Å². The smallest absolute Gasteiger partial charge is 0.137 e. The van der Waals surface area contributed by atoms with E-state index >= 15 is 0 Å². The Labute approximate surface area is 115 Å². The molecule has 0 aliphatic rings. The molecule has 3 aromatic rings. The van der Waals surface area contributed by atoms with E-state index in [4.69, 9.17) is 17.3 Å². The van der Waals surface area contributed by atoms with E-state index in [-0.39, 0.29) is 6.04 Å². The van der Waals surface area contributed by atoms with Crippen LogP contribution in [0.2, 0.25) is 5.02 Å². The number of halogens is 1. The number of hydrogen-bond donors (Lipinski definition) is 1. The highest BCUT2D eigenvalue weighted by Gasteiger charge is 2.17. The van der Waals surface area contributed by atoms with E-state index in [1.54, 1.807) is 12.4 Å². The van der Waals surface area contributed by atoms with E-state index in [9.17, 15) is 0 Å². The summed E-state index contributed by atoms with van der Waals surface area (Å²) >= 11 is 6.05. The van der Waals surface area contributed by atoms with E-state index in [1.165, 1.54) is 0 Å². The highest BCUT2D eigenvalue weighted by molar-refractivity contribution is 6.30. The number of fused-ring (bicyclic) bond motifs is 1. The molecule has 3 aromatic heterocycles. The molecule has 0 aliphatic carbocycles. The van der Waals surface area contributed by atoms with Crippen LogP contribution in [-0.4, -0.2) is 14.4 Å². The first-order valence-corrected chi connectivity index (χ1v) is 6.34. The van der Waals surface area contributed by atoms with Crippen LogP contribution in [0.25, 0.3) is 5.65 Å². The second-order valence-corrected chi connectivity index (χ2v) is 4.86. The van der Waals surface area contributed by atoms with Crippen molar-refractivity contribution >= 4 is 17.2 Å². The van der Waals surface area contributed by atoms with Gasteiger partial charge in [0.05, 0.1) is 22.5 Å². The molecule has 0 amide bonds. The van der Waals surface area contributed by atoms with Gasteiger partial charge in [-0.25, -0.2) is 4.98 Å². The molecular weight excluding hydrogens is 260 g/mol. The largest absolute Gasteiger partial charge is 0.319 e. The van der Waals surface area contributed by atoms with E-state index in [1.807, 2.05) is 41.8 Å². The van der Waals surface area contributed by atoms with Crippen LogP contribution < -0.4 is 5.73 Å². The maximum atomic E-state index is 6.33. The Morgan fingerprint density at radius 1 is 1.32 bits per heavy atom. The first-order chi connectivity index (χ1) is 9.16. The third-order valence-electron chi connectivity index (χ3n) is 3.14. The lowest BCUT2D eigenvalue weighted by atomic mass is 10.1. The Balaban J connectivity index is 2.19. The molecule has 0 fully saturated rings. The van der Waals surface area contributed by atoms with Crippen LogP contribution in [0.1, 0.15) is 23.0 Å². The molecule has 2 N–H and O–H groups in total. The predicted octanol–water partition coefficient (Wildman–Crippen LogP) is 2.74. The summed E-state index contributed by atoms with van der Waals surface area (Å²) in [5.41, 5.74) is 9.97. The summed E-state index contributed by atoms with van der Waals surface area (Å²) in [5, 5.41) is 0.657. The summed E-state index contributed by atoms with van der Waals surface area (Å²) < 4.78 is 1.94. The predicted molar refractivity (Wildman–Crippen MR) is 75.2 cm³/mol. The fraction of sp³-hybridized carbons (Fsp3) is 0.143. The molecule has 3 rings (SSSR count). The topological polar surface area (TPSA) is 56.2 Å². The normalized spacial score (nSPS) is 12.8. The number of imidazole rings is 1. The summed E-state index contributed by atoms with van der Waals surface area (Å²) in [7, 11) is 0. The van der Waals surface area contributed by atoms with Crippen LogP contribution in [0, 0.1) is 6.92 Å². The van der Waals surface area contributed by atoms with Gasteiger partial charge < -0.3 is 10.1 Å². The van der Waals surface area contributed by atoms with Crippen molar-refractivity contribution in [3.05, 3.63) is 64.8 Å². The minimum atomic E-state index is -0.276. The van der Waals surface area contributed by atoms with Crippen LogP contribution >= 0.6 is 11.6 Å². The minimum absolute atomic E-state index is 0.276. The number of nitrogens with two attached hydrogens (primary N) is 1. The number of aryl methyl sites for hydroxylation is 1. The quantitative estimate of drug-likeness (QED) is 0.780. The average molecular weight is 273 g/mol. The Morgan fingerprint density at radius 3 is 2.89 bits per heavy atom. The minimum Gasteiger partial charge on any atom is -0.319 e. The Hall–Kier alpha value is -1.91.